The molecular formula is C7H16N4. The zero-order valence-electron chi connectivity index (χ0n) is 7.17. The first-order chi connectivity index (χ1) is 5.26. The number of nitrogens with two attached hydrogens (primary N) is 1. The fourth-order valence-corrected chi connectivity index (χ4v) is 0.917. The van der Waals surface area contributed by atoms with Crippen molar-refractivity contribution in [3.8, 4) is 0 Å². The summed E-state index contributed by atoms with van der Waals surface area (Å²) in [5.41, 5.74) is 2.66. The van der Waals surface area contributed by atoms with Crippen molar-refractivity contribution in [2.24, 2.45) is 22.0 Å². The number of nitrogens with zero attached hydrogens (tertiary/aromatic N) is 2. The Hall–Kier alpha value is -1.06. The van der Waals surface area contributed by atoms with Crippen LogP contribution in [0.4, 0.5) is 0 Å². The summed E-state index contributed by atoms with van der Waals surface area (Å²) in [4.78, 5) is 0. The molecule has 1 atom stereocenters. The van der Waals surface area contributed by atoms with Gasteiger partial charge in [0.15, 0.2) is 0 Å². The van der Waals surface area contributed by atoms with Gasteiger partial charge in [0, 0.05) is 12.6 Å². The number of amidine groups is 1. The van der Waals surface area contributed by atoms with Gasteiger partial charge in [-0.05, 0) is 6.42 Å². The van der Waals surface area contributed by atoms with Crippen LogP contribution in [-0.2, 0) is 0 Å². The average Bonchev–Trinajstić information content (AvgIpc) is 2.00. The molecule has 0 aliphatic carbocycles. The largest absolute Gasteiger partial charge is 0.322 e. The van der Waals surface area contributed by atoms with Crippen molar-refractivity contribution < 1.29 is 0 Å². The Morgan fingerprint density at radius 1 is 1.73 bits per heavy atom. The predicted molar refractivity (Wildman–Crippen MR) is 48.4 cm³/mol. The normalized spacial score (nSPS) is 14.2. The molecule has 0 aromatic rings. The molecule has 1 unspecified atom stereocenters. The second-order valence-corrected chi connectivity index (χ2v) is 2.47. The fourth-order valence-electron chi connectivity index (χ4n) is 0.917. The van der Waals surface area contributed by atoms with Gasteiger partial charge in [0.1, 0.15) is 5.84 Å². The lowest BCUT2D eigenvalue weighted by atomic mass is 10.1. The third-order valence-corrected chi connectivity index (χ3v) is 1.52. The summed E-state index contributed by atoms with van der Waals surface area (Å²) in [5.74, 6) is 6.15. The van der Waals surface area contributed by atoms with E-state index in [4.69, 9.17) is 5.84 Å². The third-order valence-electron chi connectivity index (χ3n) is 1.52. The smallest absolute Gasteiger partial charge is 0.144 e. The second kappa shape index (κ2) is 5.70. The van der Waals surface area contributed by atoms with Gasteiger partial charge in [-0.15, -0.1) is 0 Å². The van der Waals surface area contributed by atoms with Crippen LogP contribution in [0.15, 0.2) is 10.2 Å². The number of hydrazone groups is 2. The molecule has 0 saturated carbocycles. The van der Waals surface area contributed by atoms with E-state index in [1.165, 1.54) is 0 Å². The standard InChI is InChI=1S/C7H16N4/c1-4-5-6(2)7(10-8)11-9-3/h6H,3-5,8H2,1-2H3,(H,10,11). The van der Waals surface area contributed by atoms with Crippen molar-refractivity contribution in [1.29, 1.82) is 0 Å². The maximum atomic E-state index is 5.13. The minimum absolute atomic E-state index is 0.329. The Labute approximate surface area is 67.5 Å². The summed E-state index contributed by atoms with van der Waals surface area (Å²) in [6.07, 6.45) is 2.16. The Balaban J connectivity index is 3.92. The first kappa shape index (κ1) is 9.94. The highest BCUT2D eigenvalue weighted by Gasteiger charge is 2.07. The number of rotatable bonds is 4. The Morgan fingerprint density at radius 3 is 2.73 bits per heavy atom. The second-order valence-electron chi connectivity index (χ2n) is 2.47. The molecule has 0 heterocycles. The summed E-state index contributed by atoms with van der Waals surface area (Å²) in [5, 5.41) is 7.07. The molecule has 0 aromatic carbocycles. The van der Waals surface area contributed by atoms with E-state index >= 15 is 0 Å². The van der Waals surface area contributed by atoms with E-state index in [0.717, 1.165) is 12.8 Å². The lowest BCUT2D eigenvalue weighted by molar-refractivity contribution is 0.643. The maximum absolute atomic E-state index is 5.13. The van der Waals surface area contributed by atoms with Crippen LogP contribution in [0, 0.1) is 5.92 Å². The zero-order valence-corrected chi connectivity index (χ0v) is 7.17. The molecule has 0 amide bonds. The summed E-state index contributed by atoms with van der Waals surface area (Å²) < 4.78 is 0. The maximum Gasteiger partial charge on any atom is 0.144 e. The summed E-state index contributed by atoms with van der Waals surface area (Å²) in [6.45, 7) is 7.46. The number of nitrogens with one attached hydrogen (secondary N) is 1. The van der Waals surface area contributed by atoms with Gasteiger partial charge in [0.2, 0.25) is 0 Å². The fraction of sp³-hybridized carbons (Fsp3) is 0.714. The van der Waals surface area contributed by atoms with Crippen molar-refractivity contribution >= 4 is 12.6 Å². The molecule has 4 heteroatoms. The highest BCUT2D eigenvalue weighted by molar-refractivity contribution is 5.83. The number of hydrogen-bond donors (Lipinski definition) is 2. The van der Waals surface area contributed by atoms with Gasteiger partial charge in [-0.1, -0.05) is 20.3 Å². The summed E-state index contributed by atoms with van der Waals surface area (Å²) >= 11 is 0. The molecule has 0 aliphatic heterocycles. The molecule has 0 fully saturated rings. The van der Waals surface area contributed by atoms with Crippen molar-refractivity contribution in [2.45, 2.75) is 26.7 Å². The monoisotopic (exact) mass is 156 g/mol. The van der Waals surface area contributed by atoms with Crippen LogP contribution < -0.4 is 11.3 Å². The molecule has 0 spiro atoms. The van der Waals surface area contributed by atoms with Crippen LogP contribution in [0.25, 0.3) is 0 Å². The minimum Gasteiger partial charge on any atom is -0.322 e. The molecule has 11 heavy (non-hydrogen) atoms. The molecule has 0 bridgehead atoms. The quantitative estimate of drug-likeness (QED) is 0.275. The van der Waals surface area contributed by atoms with Crippen LogP contribution in [0.3, 0.4) is 0 Å². The van der Waals surface area contributed by atoms with E-state index in [2.05, 4.69) is 29.3 Å². The molecule has 0 aromatic heterocycles. The minimum atomic E-state index is 0.329. The Kier molecular flexibility index (Phi) is 5.15. The number of hydrogen-bond acceptors (Lipinski definition) is 3. The summed E-state index contributed by atoms with van der Waals surface area (Å²) in [7, 11) is 0. The van der Waals surface area contributed by atoms with Crippen LogP contribution in [0.2, 0.25) is 0 Å². The first-order valence-electron chi connectivity index (χ1n) is 3.75. The van der Waals surface area contributed by atoms with Gasteiger partial charge in [-0.25, -0.2) is 0 Å². The SMILES string of the molecule is C=NNC(=NN)C(C)CCC. The van der Waals surface area contributed by atoms with Gasteiger partial charge in [0.25, 0.3) is 0 Å². The van der Waals surface area contributed by atoms with Crippen molar-refractivity contribution in [1.82, 2.24) is 5.43 Å². The Morgan fingerprint density at radius 2 is 2.36 bits per heavy atom. The molecule has 0 saturated heterocycles. The van der Waals surface area contributed by atoms with E-state index in [1.54, 1.807) is 0 Å². The van der Waals surface area contributed by atoms with Crippen LogP contribution in [0.1, 0.15) is 26.7 Å². The molecule has 0 aliphatic rings. The van der Waals surface area contributed by atoms with Gasteiger partial charge >= 0.3 is 0 Å². The molecule has 0 rings (SSSR count). The van der Waals surface area contributed by atoms with E-state index in [0.29, 0.717) is 11.8 Å². The topological polar surface area (TPSA) is 62.8 Å². The van der Waals surface area contributed by atoms with Crippen LogP contribution in [-0.4, -0.2) is 12.6 Å². The van der Waals surface area contributed by atoms with E-state index < -0.39 is 0 Å². The van der Waals surface area contributed by atoms with Gasteiger partial charge in [0.05, 0.1) is 0 Å². The third kappa shape index (κ3) is 3.60. The highest BCUT2D eigenvalue weighted by atomic mass is 15.3. The van der Waals surface area contributed by atoms with Gasteiger partial charge in [-0.3, -0.25) is 5.43 Å². The van der Waals surface area contributed by atoms with E-state index in [9.17, 15) is 0 Å². The van der Waals surface area contributed by atoms with Crippen LogP contribution >= 0.6 is 0 Å². The van der Waals surface area contributed by atoms with Gasteiger partial charge in [-0.2, -0.15) is 10.2 Å². The van der Waals surface area contributed by atoms with E-state index in [-0.39, 0.29) is 0 Å². The first-order valence-corrected chi connectivity index (χ1v) is 3.75. The average molecular weight is 156 g/mol. The van der Waals surface area contributed by atoms with Crippen LogP contribution in [0.5, 0.6) is 0 Å². The van der Waals surface area contributed by atoms with Crippen molar-refractivity contribution in [3.05, 3.63) is 0 Å². The zero-order chi connectivity index (χ0) is 8.69. The molecular weight excluding hydrogens is 140 g/mol. The molecule has 64 valence electrons. The molecule has 3 N–H and O–H groups in total. The highest BCUT2D eigenvalue weighted by Crippen LogP contribution is 2.05. The van der Waals surface area contributed by atoms with Crippen molar-refractivity contribution in [2.75, 3.05) is 0 Å². The van der Waals surface area contributed by atoms with Crippen molar-refractivity contribution in [3.63, 3.8) is 0 Å². The van der Waals surface area contributed by atoms with E-state index in [1.807, 2.05) is 6.92 Å². The lowest BCUT2D eigenvalue weighted by Gasteiger charge is -2.10. The van der Waals surface area contributed by atoms with Gasteiger partial charge < -0.3 is 5.84 Å². The molecule has 0 radical (unpaired) electrons. The Bertz CT molecular complexity index is 141. The lowest BCUT2D eigenvalue weighted by Crippen LogP contribution is -2.26. The predicted octanol–water partition coefficient (Wildman–Crippen LogP) is 0.900. The summed E-state index contributed by atoms with van der Waals surface area (Å²) in [6, 6.07) is 0. The molecule has 4 nitrogen and oxygen atoms in total.